The number of aromatic nitrogens is 2. The van der Waals surface area contributed by atoms with Gasteiger partial charge in [-0.2, -0.15) is 5.26 Å². The number of rotatable bonds is 7. The molecule has 3 atom stereocenters. The van der Waals surface area contributed by atoms with Gasteiger partial charge in [-0.1, -0.05) is 26.7 Å². The van der Waals surface area contributed by atoms with Crippen LogP contribution in [0.3, 0.4) is 0 Å². The van der Waals surface area contributed by atoms with E-state index in [2.05, 4.69) is 35.5 Å². The molecule has 1 aromatic heterocycles. The number of nitrogens with zero attached hydrogens (tertiary/aromatic N) is 3. The molecule has 2 N–H and O–H groups in total. The maximum atomic E-state index is 12.7. The normalized spacial score (nSPS) is 22.1. The quantitative estimate of drug-likeness (QED) is 0.802. The fourth-order valence-corrected chi connectivity index (χ4v) is 3.37. The zero-order valence-corrected chi connectivity index (χ0v) is 15.0. The zero-order chi connectivity index (χ0) is 17.5. The second-order valence-electron chi connectivity index (χ2n) is 7.15. The number of carbonyl (C=O) groups excluding carboxylic acids is 1. The van der Waals surface area contributed by atoms with E-state index in [0.717, 1.165) is 31.5 Å². The molecule has 0 radical (unpaired) electrons. The predicted octanol–water partition coefficient (Wildman–Crippen LogP) is 2.12. The molecular formula is C18H29N5O. The topological polar surface area (TPSA) is 82.7 Å². The van der Waals surface area contributed by atoms with Crippen LogP contribution < -0.4 is 10.6 Å². The molecule has 1 aromatic rings. The summed E-state index contributed by atoms with van der Waals surface area (Å²) in [4.78, 5) is 17.0. The van der Waals surface area contributed by atoms with Crippen molar-refractivity contribution in [2.45, 2.75) is 64.6 Å². The van der Waals surface area contributed by atoms with Crippen LogP contribution in [0.2, 0.25) is 0 Å². The molecule has 1 fully saturated rings. The molecule has 0 aromatic carbocycles. The molecule has 132 valence electrons. The van der Waals surface area contributed by atoms with Crippen molar-refractivity contribution in [3.63, 3.8) is 0 Å². The maximum absolute atomic E-state index is 12.7. The van der Waals surface area contributed by atoms with Crippen LogP contribution in [0.5, 0.6) is 0 Å². The third-order valence-electron chi connectivity index (χ3n) is 4.73. The Hall–Kier alpha value is -1.87. The van der Waals surface area contributed by atoms with Crippen molar-refractivity contribution in [3.05, 3.63) is 18.2 Å². The van der Waals surface area contributed by atoms with Gasteiger partial charge in [0.1, 0.15) is 11.9 Å². The van der Waals surface area contributed by atoms with E-state index in [1.807, 2.05) is 17.8 Å². The van der Waals surface area contributed by atoms with E-state index in [1.165, 1.54) is 0 Å². The van der Waals surface area contributed by atoms with Crippen molar-refractivity contribution < 1.29 is 4.79 Å². The highest BCUT2D eigenvalue weighted by Gasteiger charge is 2.31. The van der Waals surface area contributed by atoms with Gasteiger partial charge in [0.2, 0.25) is 5.91 Å². The van der Waals surface area contributed by atoms with Crippen LogP contribution in [-0.4, -0.2) is 27.5 Å². The van der Waals surface area contributed by atoms with E-state index in [-0.39, 0.29) is 17.9 Å². The molecule has 0 unspecified atom stereocenters. The first kappa shape index (κ1) is 18.5. The number of carbonyl (C=O) groups is 1. The number of nitrogens with one attached hydrogen (secondary N) is 2. The van der Waals surface area contributed by atoms with Gasteiger partial charge in [0.05, 0.1) is 18.5 Å². The summed E-state index contributed by atoms with van der Waals surface area (Å²) < 4.78 is 1.99. The fraction of sp³-hybridized carbons (Fsp3) is 0.722. The molecule has 1 saturated carbocycles. The molecule has 24 heavy (non-hydrogen) atoms. The Labute approximate surface area is 144 Å². The van der Waals surface area contributed by atoms with E-state index in [0.29, 0.717) is 18.9 Å². The lowest BCUT2D eigenvalue weighted by molar-refractivity contribution is -0.127. The van der Waals surface area contributed by atoms with Gasteiger partial charge in [-0.05, 0) is 25.2 Å². The summed E-state index contributed by atoms with van der Waals surface area (Å²) in [6.45, 7) is 4.79. The van der Waals surface area contributed by atoms with Crippen LogP contribution in [0.15, 0.2) is 12.4 Å². The lowest BCUT2D eigenvalue weighted by atomic mass is 9.83. The minimum atomic E-state index is -0.394. The number of amides is 1. The van der Waals surface area contributed by atoms with Gasteiger partial charge in [-0.3, -0.25) is 4.79 Å². The minimum Gasteiger partial charge on any atom is -0.340 e. The number of aryl methyl sites for hydroxylation is 1. The summed E-state index contributed by atoms with van der Waals surface area (Å²) in [6, 6.07) is 1.97. The van der Waals surface area contributed by atoms with E-state index in [4.69, 9.17) is 0 Å². The number of nitriles is 1. The molecule has 1 aliphatic carbocycles. The molecule has 0 bridgehead atoms. The zero-order valence-electron chi connectivity index (χ0n) is 15.0. The first-order chi connectivity index (χ1) is 11.5. The van der Waals surface area contributed by atoms with Crippen LogP contribution in [0.25, 0.3) is 0 Å². The van der Waals surface area contributed by atoms with Gasteiger partial charge in [-0.15, -0.1) is 0 Å². The highest BCUT2D eigenvalue weighted by atomic mass is 16.2. The van der Waals surface area contributed by atoms with E-state index in [1.54, 1.807) is 6.20 Å². The smallest absolute Gasteiger partial charge is 0.225 e. The Balaban J connectivity index is 1.93. The Bertz CT molecular complexity index is 574. The number of imidazole rings is 1. The number of hydrogen-bond acceptors (Lipinski definition) is 4. The van der Waals surface area contributed by atoms with Crippen LogP contribution in [0.1, 0.15) is 51.8 Å². The average Bonchev–Trinajstić information content (AvgIpc) is 2.97. The Morgan fingerprint density at radius 2 is 2.21 bits per heavy atom. The van der Waals surface area contributed by atoms with Crippen molar-refractivity contribution in [2.24, 2.45) is 18.9 Å². The van der Waals surface area contributed by atoms with E-state index >= 15 is 0 Å². The molecule has 1 amide bonds. The van der Waals surface area contributed by atoms with Gasteiger partial charge in [0.15, 0.2) is 0 Å². The fourth-order valence-electron chi connectivity index (χ4n) is 3.37. The summed E-state index contributed by atoms with van der Waals surface area (Å²) >= 11 is 0. The van der Waals surface area contributed by atoms with E-state index < -0.39 is 6.04 Å². The Kier molecular flexibility index (Phi) is 6.80. The maximum Gasteiger partial charge on any atom is 0.225 e. The van der Waals surface area contributed by atoms with Crippen LogP contribution >= 0.6 is 0 Å². The molecule has 0 spiro atoms. The van der Waals surface area contributed by atoms with Crippen molar-refractivity contribution in [1.29, 1.82) is 5.26 Å². The van der Waals surface area contributed by atoms with Gasteiger partial charge in [0, 0.05) is 25.5 Å². The minimum absolute atomic E-state index is 0.0132. The summed E-state index contributed by atoms with van der Waals surface area (Å²) in [7, 11) is 1.97. The summed E-state index contributed by atoms with van der Waals surface area (Å²) in [6.07, 6.45) is 8.47. The van der Waals surface area contributed by atoms with Gasteiger partial charge in [0.25, 0.3) is 0 Å². The Morgan fingerprint density at radius 1 is 1.46 bits per heavy atom. The highest BCUT2D eigenvalue weighted by Crippen LogP contribution is 2.25. The molecule has 6 heteroatoms. The number of hydrogen-bond donors (Lipinski definition) is 2. The third-order valence-corrected chi connectivity index (χ3v) is 4.73. The van der Waals surface area contributed by atoms with Gasteiger partial charge < -0.3 is 15.2 Å². The third kappa shape index (κ3) is 5.07. The molecule has 0 aliphatic heterocycles. The predicted molar refractivity (Wildman–Crippen MR) is 92.8 cm³/mol. The lowest BCUT2D eigenvalue weighted by Gasteiger charge is -2.32. The standard InChI is InChI=1S/C18H29N5O/c1-13(2)10-14(11-19)22-18(24)15-6-4-5-7-16(15)21-12-17-20-8-9-23(17)3/h8-9,13-16,21H,4-7,10,12H2,1-3H3,(H,22,24)/t14-,15+,16-/m0/s1. The van der Waals surface area contributed by atoms with Gasteiger partial charge in [-0.25, -0.2) is 4.98 Å². The summed E-state index contributed by atoms with van der Waals surface area (Å²) in [5.41, 5.74) is 0. The average molecular weight is 331 g/mol. The second-order valence-corrected chi connectivity index (χ2v) is 7.15. The SMILES string of the molecule is CC(C)C[C@@H](C#N)NC(=O)[C@@H]1CCCC[C@@H]1NCc1nccn1C. The molecule has 2 rings (SSSR count). The van der Waals surface area contributed by atoms with E-state index in [9.17, 15) is 10.1 Å². The highest BCUT2D eigenvalue weighted by molar-refractivity contribution is 5.80. The van der Waals surface area contributed by atoms with Crippen LogP contribution in [0, 0.1) is 23.2 Å². The largest absolute Gasteiger partial charge is 0.340 e. The second kappa shape index (κ2) is 8.84. The molecular weight excluding hydrogens is 302 g/mol. The Morgan fingerprint density at radius 3 is 2.83 bits per heavy atom. The summed E-state index contributed by atoms with van der Waals surface area (Å²) in [5, 5.41) is 15.7. The monoisotopic (exact) mass is 331 g/mol. The van der Waals surface area contributed by atoms with Crippen molar-refractivity contribution in [2.75, 3.05) is 0 Å². The lowest BCUT2D eigenvalue weighted by Crippen LogP contribution is -2.48. The molecule has 6 nitrogen and oxygen atoms in total. The first-order valence-electron chi connectivity index (χ1n) is 8.90. The van der Waals surface area contributed by atoms with Crippen LogP contribution in [-0.2, 0) is 18.4 Å². The first-order valence-corrected chi connectivity index (χ1v) is 8.90. The van der Waals surface area contributed by atoms with Crippen molar-refractivity contribution >= 4 is 5.91 Å². The van der Waals surface area contributed by atoms with Crippen molar-refractivity contribution in [1.82, 2.24) is 20.2 Å². The summed E-state index contributed by atoms with van der Waals surface area (Å²) in [5.74, 6) is 1.30. The van der Waals surface area contributed by atoms with Gasteiger partial charge >= 0.3 is 0 Å². The molecule has 1 aliphatic rings. The van der Waals surface area contributed by atoms with Crippen LogP contribution in [0.4, 0.5) is 0 Å². The molecule has 1 heterocycles. The van der Waals surface area contributed by atoms with Crippen molar-refractivity contribution in [3.8, 4) is 6.07 Å². The molecule has 0 saturated heterocycles.